The Morgan fingerprint density at radius 1 is 1.17 bits per heavy atom. The van der Waals surface area contributed by atoms with Crippen LogP contribution in [-0.4, -0.2) is 30.9 Å². The smallest absolute Gasteiger partial charge is 0.222 e. The van der Waals surface area contributed by atoms with E-state index in [1.54, 1.807) is 32.0 Å². The van der Waals surface area contributed by atoms with Crippen molar-refractivity contribution in [1.82, 2.24) is 5.32 Å². The Morgan fingerprint density at radius 2 is 1.86 bits per heavy atom. The second-order valence-corrected chi connectivity index (χ2v) is 10.0. The fourth-order valence-corrected chi connectivity index (χ4v) is 4.94. The molecule has 2 N–H and O–H groups in total. The van der Waals surface area contributed by atoms with Crippen molar-refractivity contribution in [2.45, 2.75) is 54.2 Å². The third-order valence-electron chi connectivity index (χ3n) is 4.71. The first-order valence-electron chi connectivity index (χ1n) is 9.30. The lowest BCUT2D eigenvalue weighted by Gasteiger charge is -2.43. The summed E-state index contributed by atoms with van der Waals surface area (Å²) >= 11 is 5.65. The van der Waals surface area contributed by atoms with Crippen LogP contribution in [0, 0.1) is 0 Å². The summed E-state index contributed by atoms with van der Waals surface area (Å²) < 4.78 is 31.9. The molecule has 1 aliphatic heterocycles. The van der Waals surface area contributed by atoms with Crippen molar-refractivity contribution < 1.29 is 23.1 Å². The Bertz CT molecular complexity index is 1010. The Kier molecular flexibility index (Phi) is 5.94. The first-order valence-corrected chi connectivity index (χ1v) is 11.3. The molecule has 6 nitrogen and oxygen atoms in total. The van der Waals surface area contributed by atoms with Crippen LogP contribution >= 0.6 is 11.6 Å². The number of sulfone groups is 1. The van der Waals surface area contributed by atoms with Crippen LogP contribution in [0.4, 0.5) is 0 Å². The van der Waals surface area contributed by atoms with Crippen LogP contribution in [0.2, 0.25) is 0 Å². The molecule has 3 rings (SSSR count). The number of hydrogen-bond acceptors (Lipinski definition) is 5. The third kappa shape index (κ3) is 4.57. The number of fused-ring (bicyclic) bond motifs is 1. The number of nitrogens with one attached hydrogen (secondary N) is 1. The molecule has 0 spiro atoms. The lowest BCUT2D eigenvalue weighted by molar-refractivity contribution is -0.136. The standard InChI is InChI=1S/C21H24ClNO5S/c1-20(2)14-21(25,23-19(24)9-6-12-22)17-13-16(10-11-18(17)28-20)29(26,27)15-7-4-3-5-8-15/h3-5,7-8,10-11,13,25H,6,9,12,14H2,1-2H3,(H,23,24). The van der Waals surface area contributed by atoms with Crippen LogP contribution in [0.3, 0.4) is 0 Å². The monoisotopic (exact) mass is 437 g/mol. The number of alkyl halides is 1. The average molecular weight is 438 g/mol. The summed E-state index contributed by atoms with van der Waals surface area (Å²) in [5, 5.41) is 14.0. The number of amides is 1. The summed E-state index contributed by atoms with van der Waals surface area (Å²) in [7, 11) is -3.79. The van der Waals surface area contributed by atoms with E-state index in [0.29, 0.717) is 18.1 Å². The van der Waals surface area contributed by atoms with Gasteiger partial charge in [0, 0.05) is 24.3 Å². The number of hydrogen-bond donors (Lipinski definition) is 2. The summed E-state index contributed by atoms with van der Waals surface area (Å²) in [4.78, 5) is 12.5. The first kappa shape index (κ1) is 21.6. The van der Waals surface area contributed by atoms with Gasteiger partial charge in [-0.2, -0.15) is 0 Å². The van der Waals surface area contributed by atoms with Gasteiger partial charge >= 0.3 is 0 Å². The topological polar surface area (TPSA) is 92.7 Å². The van der Waals surface area contributed by atoms with Gasteiger partial charge in [-0.05, 0) is 50.6 Å². The van der Waals surface area contributed by atoms with Crippen LogP contribution in [0.15, 0.2) is 58.3 Å². The average Bonchev–Trinajstić information content (AvgIpc) is 2.65. The number of aliphatic hydroxyl groups is 1. The molecule has 0 saturated carbocycles. The molecule has 0 radical (unpaired) electrons. The molecule has 1 atom stereocenters. The normalized spacial score (nSPS) is 20.4. The molecule has 1 amide bonds. The van der Waals surface area contributed by atoms with Gasteiger partial charge in [-0.15, -0.1) is 11.6 Å². The molecular weight excluding hydrogens is 414 g/mol. The molecule has 0 bridgehead atoms. The van der Waals surface area contributed by atoms with Gasteiger partial charge in [-0.25, -0.2) is 8.42 Å². The Labute approximate surface area is 175 Å². The molecule has 0 fully saturated rings. The minimum absolute atomic E-state index is 0.0131. The number of benzene rings is 2. The summed E-state index contributed by atoms with van der Waals surface area (Å²) in [5.41, 5.74) is -2.31. The van der Waals surface area contributed by atoms with Crippen molar-refractivity contribution in [3.63, 3.8) is 0 Å². The molecule has 0 aromatic heterocycles. The molecule has 1 heterocycles. The van der Waals surface area contributed by atoms with Crippen molar-refractivity contribution in [3.05, 3.63) is 54.1 Å². The van der Waals surface area contributed by atoms with Gasteiger partial charge in [0.2, 0.25) is 15.7 Å². The van der Waals surface area contributed by atoms with Crippen LogP contribution in [0.5, 0.6) is 5.75 Å². The number of carbonyl (C=O) groups excluding carboxylic acids is 1. The largest absolute Gasteiger partial charge is 0.487 e. The zero-order chi connectivity index (χ0) is 21.3. The van der Waals surface area contributed by atoms with Gasteiger partial charge in [-0.3, -0.25) is 4.79 Å². The van der Waals surface area contributed by atoms with E-state index in [1.807, 2.05) is 0 Å². The summed E-state index contributed by atoms with van der Waals surface area (Å²) in [6.45, 7) is 3.58. The van der Waals surface area contributed by atoms with Gasteiger partial charge in [0.25, 0.3) is 0 Å². The Morgan fingerprint density at radius 3 is 2.52 bits per heavy atom. The molecule has 0 saturated heterocycles. The maximum Gasteiger partial charge on any atom is 0.222 e. The molecule has 1 aliphatic rings. The second-order valence-electron chi connectivity index (χ2n) is 7.71. The minimum Gasteiger partial charge on any atom is -0.487 e. The molecule has 29 heavy (non-hydrogen) atoms. The van der Waals surface area contributed by atoms with Gasteiger partial charge < -0.3 is 15.2 Å². The molecule has 2 aromatic rings. The van der Waals surface area contributed by atoms with Gasteiger partial charge in [0.05, 0.1) is 9.79 Å². The summed E-state index contributed by atoms with van der Waals surface area (Å²) in [6.07, 6.45) is 0.692. The maximum atomic E-state index is 13.0. The van der Waals surface area contributed by atoms with E-state index in [0.717, 1.165) is 0 Å². The minimum atomic E-state index is -3.79. The number of halogens is 1. The number of carbonyl (C=O) groups is 1. The van der Waals surface area contributed by atoms with Crippen molar-refractivity contribution >= 4 is 27.3 Å². The lowest BCUT2D eigenvalue weighted by Crippen LogP contribution is -2.54. The van der Waals surface area contributed by atoms with E-state index in [4.69, 9.17) is 16.3 Å². The zero-order valence-corrected chi connectivity index (χ0v) is 17.9. The van der Waals surface area contributed by atoms with E-state index < -0.39 is 21.2 Å². The van der Waals surface area contributed by atoms with Crippen LogP contribution in [0.25, 0.3) is 0 Å². The molecule has 8 heteroatoms. The molecular formula is C21H24ClNO5S. The van der Waals surface area contributed by atoms with E-state index in [-0.39, 0.29) is 34.1 Å². The number of rotatable bonds is 6. The Balaban J connectivity index is 2.05. The van der Waals surface area contributed by atoms with Crippen molar-refractivity contribution in [1.29, 1.82) is 0 Å². The lowest BCUT2D eigenvalue weighted by atomic mass is 9.86. The van der Waals surface area contributed by atoms with E-state index in [1.165, 1.54) is 30.3 Å². The molecule has 0 aliphatic carbocycles. The zero-order valence-electron chi connectivity index (χ0n) is 16.3. The predicted octanol–water partition coefficient (Wildman–Crippen LogP) is 3.36. The molecule has 2 aromatic carbocycles. The van der Waals surface area contributed by atoms with Crippen LogP contribution in [0.1, 0.15) is 38.7 Å². The van der Waals surface area contributed by atoms with E-state index >= 15 is 0 Å². The van der Waals surface area contributed by atoms with Crippen LogP contribution in [-0.2, 0) is 20.4 Å². The van der Waals surface area contributed by atoms with Crippen LogP contribution < -0.4 is 10.1 Å². The van der Waals surface area contributed by atoms with Crippen molar-refractivity contribution in [2.75, 3.05) is 5.88 Å². The highest BCUT2D eigenvalue weighted by Gasteiger charge is 2.45. The highest BCUT2D eigenvalue weighted by Crippen LogP contribution is 2.43. The summed E-state index contributed by atoms with van der Waals surface area (Å²) in [6, 6.07) is 12.4. The fourth-order valence-electron chi connectivity index (χ4n) is 3.50. The first-order chi connectivity index (χ1) is 13.6. The highest BCUT2D eigenvalue weighted by molar-refractivity contribution is 7.91. The fraction of sp³-hybridized carbons (Fsp3) is 0.381. The SMILES string of the molecule is CC1(C)CC(O)(NC(=O)CCCCl)c2cc(S(=O)(=O)c3ccccc3)ccc2O1. The maximum absolute atomic E-state index is 13.0. The van der Waals surface area contributed by atoms with Crippen molar-refractivity contribution in [2.24, 2.45) is 0 Å². The molecule has 156 valence electrons. The number of ether oxygens (including phenoxy) is 1. The van der Waals surface area contributed by atoms with Gasteiger partial charge in [-0.1, -0.05) is 18.2 Å². The molecule has 1 unspecified atom stereocenters. The van der Waals surface area contributed by atoms with E-state index in [9.17, 15) is 18.3 Å². The van der Waals surface area contributed by atoms with E-state index in [2.05, 4.69) is 5.32 Å². The quantitative estimate of drug-likeness (QED) is 0.534. The Hall–Kier alpha value is -2.09. The highest BCUT2D eigenvalue weighted by atomic mass is 35.5. The van der Waals surface area contributed by atoms with Crippen molar-refractivity contribution in [3.8, 4) is 5.75 Å². The third-order valence-corrected chi connectivity index (χ3v) is 6.75. The van der Waals surface area contributed by atoms with Gasteiger partial charge in [0.1, 0.15) is 11.4 Å². The second kappa shape index (κ2) is 7.97. The van der Waals surface area contributed by atoms with Gasteiger partial charge in [0.15, 0.2) is 5.72 Å². The summed E-state index contributed by atoms with van der Waals surface area (Å²) in [5.74, 6) is 0.290. The predicted molar refractivity (Wildman–Crippen MR) is 110 cm³/mol.